The average molecular weight is 459 g/mol. The highest BCUT2D eigenvalue weighted by molar-refractivity contribution is 6.16. The zero-order valence-corrected chi connectivity index (χ0v) is 19.2. The van der Waals surface area contributed by atoms with Crippen molar-refractivity contribution in [2.75, 3.05) is 14.2 Å². The maximum Gasteiger partial charge on any atom is 0.340 e. The van der Waals surface area contributed by atoms with Gasteiger partial charge >= 0.3 is 5.97 Å². The monoisotopic (exact) mass is 459 g/mol. The number of hydrogen-bond donors (Lipinski definition) is 0. The molecule has 1 amide bonds. The first-order chi connectivity index (χ1) is 16.5. The van der Waals surface area contributed by atoms with Gasteiger partial charge in [-0.1, -0.05) is 36.4 Å². The summed E-state index contributed by atoms with van der Waals surface area (Å²) < 4.78 is 21.8. The third-order valence-corrected chi connectivity index (χ3v) is 5.53. The standard InChI is InChI=1S/C27H25NO6/c1-18-25(27(30)32-3)22(26(29)28(18)16-21-10-7-13-33-21)14-20-11-12-23(24(15-20)31-2)34-17-19-8-5-4-6-9-19/h4-15H,16-17H2,1-3H3. The smallest absolute Gasteiger partial charge is 0.340 e. The second-order valence-corrected chi connectivity index (χ2v) is 7.67. The maximum atomic E-state index is 13.3. The van der Waals surface area contributed by atoms with E-state index in [0.29, 0.717) is 35.1 Å². The largest absolute Gasteiger partial charge is 0.493 e. The highest BCUT2D eigenvalue weighted by atomic mass is 16.5. The van der Waals surface area contributed by atoms with Crippen LogP contribution in [0.4, 0.5) is 0 Å². The maximum absolute atomic E-state index is 13.3. The second kappa shape index (κ2) is 10.1. The molecule has 0 bridgehead atoms. The molecule has 0 saturated heterocycles. The first-order valence-electron chi connectivity index (χ1n) is 10.7. The Bertz CT molecular complexity index is 1240. The lowest BCUT2D eigenvalue weighted by molar-refractivity contribution is -0.136. The lowest BCUT2D eigenvalue weighted by Crippen LogP contribution is -2.24. The van der Waals surface area contributed by atoms with Crippen molar-refractivity contribution in [3.8, 4) is 11.5 Å². The third kappa shape index (κ3) is 4.73. The molecule has 0 spiro atoms. The van der Waals surface area contributed by atoms with Crippen LogP contribution in [0.3, 0.4) is 0 Å². The predicted molar refractivity (Wildman–Crippen MR) is 126 cm³/mol. The summed E-state index contributed by atoms with van der Waals surface area (Å²) in [6.07, 6.45) is 3.20. The number of carbonyl (C=O) groups excluding carboxylic acids is 2. The Kier molecular flexibility index (Phi) is 6.82. The molecule has 0 atom stereocenters. The molecule has 7 heteroatoms. The molecule has 0 radical (unpaired) electrons. The van der Waals surface area contributed by atoms with E-state index < -0.39 is 5.97 Å². The Balaban J connectivity index is 1.63. The van der Waals surface area contributed by atoms with E-state index in [1.165, 1.54) is 12.0 Å². The highest BCUT2D eigenvalue weighted by Crippen LogP contribution is 2.35. The number of amides is 1. The Morgan fingerprint density at radius 2 is 1.82 bits per heavy atom. The van der Waals surface area contributed by atoms with Crippen LogP contribution in [0.2, 0.25) is 0 Å². The number of furan rings is 1. The van der Waals surface area contributed by atoms with E-state index in [1.807, 2.05) is 36.4 Å². The molecule has 1 aliphatic rings. The molecule has 0 N–H and O–H groups in total. The van der Waals surface area contributed by atoms with Crippen molar-refractivity contribution < 1.29 is 28.2 Å². The number of rotatable bonds is 8. The van der Waals surface area contributed by atoms with Crippen LogP contribution in [0.1, 0.15) is 23.8 Å². The number of carbonyl (C=O) groups is 2. The molecule has 174 valence electrons. The fraction of sp³-hybridized carbons (Fsp3) is 0.185. The molecular weight excluding hydrogens is 434 g/mol. The van der Waals surface area contributed by atoms with Crippen LogP contribution in [-0.4, -0.2) is 31.0 Å². The van der Waals surface area contributed by atoms with Crippen molar-refractivity contribution in [2.24, 2.45) is 0 Å². The zero-order chi connectivity index (χ0) is 24.1. The van der Waals surface area contributed by atoms with Gasteiger partial charge < -0.3 is 23.5 Å². The molecule has 0 fully saturated rings. The van der Waals surface area contributed by atoms with Gasteiger partial charge in [0.25, 0.3) is 5.91 Å². The minimum absolute atomic E-state index is 0.213. The van der Waals surface area contributed by atoms with Crippen molar-refractivity contribution in [2.45, 2.75) is 20.1 Å². The summed E-state index contributed by atoms with van der Waals surface area (Å²) >= 11 is 0. The van der Waals surface area contributed by atoms with Crippen molar-refractivity contribution >= 4 is 18.0 Å². The summed E-state index contributed by atoms with van der Waals surface area (Å²) in [6.45, 7) is 2.33. The Labute approximate surface area is 197 Å². The van der Waals surface area contributed by atoms with Gasteiger partial charge in [0.15, 0.2) is 11.5 Å². The van der Waals surface area contributed by atoms with Gasteiger partial charge in [0.05, 0.1) is 38.2 Å². The molecule has 4 rings (SSSR count). The number of ether oxygens (including phenoxy) is 3. The molecule has 1 aliphatic heterocycles. The number of methoxy groups -OCH3 is 2. The first kappa shape index (κ1) is 22.9. The van der Waals surface area contributed by atoms with E-state index >= 15 is 0 Å². The number of nitrogens with zero attached hydrogens (tertiary/aromatic N) is 1. The van der Waals surface area contributed by atoms with Gasteiger partial charge in [0, 0.05) is 5.70 Å². The average Bonchev–Trinajstić information content (AvgIpc) is 3.46. The molecule has 0 aliphatic carbocycles. The van der Waals surface area contributed by atoms with E-state index in [0.717, 1.165) is 5.56 Å². The Hall–Kier alpha value is -4.26. The van der Waals surface area contributed by atoms with E-state index in [1.54, 1.807) is 50.6 Å². The summed E-state index contributed by atoms with van der Waals surface area (Å²) in [5, 5.41) is 0. The van der Waals surface area contributed by atoms with E-state index in [4.69, 9.17) is 18.6 Å². The fourth-order valence-corrected chi connectivity index (χ4v) is 3.77. The van der Waals surface area contributed by atoms with Crippen LogP contribution in [0, 0.1) is 0 Å². The minimum atomic E-state index is -0.575. The predicted octanol–water partition coefficient (Wildman–Crippen LogP) is 4.74. The van der Waals surface area contributed by atoms with Crippen LogP contribution in [-0.2, 0) is 27.5 Å². The van der Waals surface area contributed by atoms with E-state index in [9.17, 15) is 9.59 Å². The second-order valence-electron chi connectivity index (χ2n) is 7.67. The third-order valence-electron chi connectivity index (χ3n) is 5.53. The van der Waals surface area contributed by atoms with Crippen LogP contribution in [0.5, 0.6) is 11.5 Å². The summed E-state index contributed by atoms with van der Waals surface area (Å²) in [4.78, 5) is 27.3. The minimum Gasteiger partial charge on any atom is -0.493 e. The number of allylic oxidation sites excluding steroid dienone is 1. The molecule has 0 unspecified atom stereocenters. The molecule has 2 heterocycles. The SMILES string of the molecule is COC(=O)C1=C(C)N(Cc2ccco2)C(=O)C1=Cc1ccc(OCc2ccccc2)c(OC)c1. The number of esters is 1. The molecule has 1 aromatic heterocycles. The van der Waals surface area contributed by atoms with Crippen molar-refractivity contribution in [3.63, 3.8) is 0 Å². The fourth-order valence-electron chi connectivity index (χ4n) is 3.77. The van der Waals surface area contributed by atoms with Crippen LogP contribution >= 0.6 is 0 Å². The van der Waals surface area contributed by atoms with Gasteiger partial charge in [-0.25, -0.2) is 4.79 Å². The van der Waals surface area contributed by atoms with E-state index in [2.05, 4.69) is 0 Å². The van der Waals surface area contributed by atoms with Crippen molar-refractivity contribution in [1.82, 2.24) is 4.90 Å². The molecule has 0 saturated carbocycles. The first-order valence-corrected chi connectivity index (χ1v) is 10.7. The quantitative estimate of drug-likeness (QED) is 0.358. The summed E-state index contributed by atoms with van der Waals surface area (Å²) in [5.74, 6) is 0.820. The number of benzene rings is 2. The van der Waals surface area contributed by atoms with Crippen LogP contribution < -0.4 is 9.47 Å². The number of hydrogen-bond acceptors (Lipinski definition) is 6. The van der Waals surface area contributed by atoms with Gasteiger partial charge in [-0.05, 0) is 48.4 Å². The van der Waals surface area contributed by atoms with Crippen molar-refractivity contribution in [3.05, 3.63) is 101 Å². The van der Waals surface area contributed by atoms with Crippen molar-refractivity contribution in [1.29, 1.82) is 0 Å². The zero-order valence-electron chi connectivity index (χ0n) is 19.2. The van der Waals surface area contributed by atoms with Gasteiger partial charge in [-0.15, -0.1) is 0 Å². The molecular formula is C27H25NO6. The van der Waals surface area contributed by atoms with Gasteiger partial charge in [0.1, 0.15) is 12.4 Å². The Morgan fingerprint density at radius 3 is 2.50 bits per heavy atom. The summed E-state index contributed by atoms with van der Waals surface area (Å²) in [6, 6.07) is 18.7. The molecule has 7 nitrogen and oxygen atoms in total. The van der Waals surface area contributed by atoms with Gasteiger partial charge in [-0.2, -0.15) is 0 Å². The molecule has 34 heavy (non-hydrogen) atoms. The highest BCUT2D eigenvalue weighted by Gasteiger charge is 2.37. The summed E-state index contributed by atoms with van der Waals surface area (Å²) in [7, 11) is 2.85. The van der Waals surface area contributed by atoms with Gasteiger partial charge in [-0.3, -0.25) is 4.79 Å². The molecule has 2 aromatic carbocycles. The lowest BCUT2D eigenvalue weighted by Gasteiger charge is -2.16. The molecule has 3 aromatic rings. The van der Waals surface area contributed by atoms with Gasteiger partial charge in [0.2, 0.25) is 0 Å². The lowest BCUT2D eigenvalue weighted by atomic mass is 10.0. The topological polar surface area (TPSA) is 78.2 Å². The van der Waals surface area contributed by atoms with E-state index in [-0.39, 0.29) is 23.6 Å². The normalized spacial score (nSPS) is 14.6. The summed E-state index contributed by atoms with van der Waals surface area (Å²) in [5.41, 5.74) is 2.70. The Morgan fingerprint density at radius 1 is 1.03 bits per heavy atom. The van der Waals surface area contributed by atoms with Crippen LogP contribution in [0.15, 0.2) is 88.2 Å². The van der Waals surface area contributed by atoms with Crippen LogP contribution in [0.25, 0.3) is 6.08 Å².